The Morgan fingerprint density at radius 1 is 1.12 bits per heavy atom. The molecule has 174 valence electrons. The van der Waals surface area contributed by atoms with Crippen molar-refractivity contribution in [3.8, 4) is 0 Å². The molecule has 0 saturated carbocycles. The largest absolute Gasteiger partial charge is 0.370 e. The van der Waals surface area contributed by atoms with Crippen molar-refractivity contribution in [2.45, 2.75) is 31.7 Å². The summed E-state index contributed by atoms with van der Waals surface area (Å²) in [5, 5.41) is 11.7. The lowest BCUT2D eigenvalue weighted by atomic mass is 10.1. The van der Waals surface area contributed by atoms with E-state index in [-0.39, 0.29) is 5.91 Å². The molecular weight excluding hydrogens is 416 g/mol. The maximum atomic E-state index is 12.7. The fourth-order valence-corrected chi connectivity index (χ4v) is 4.69. The van der Waals surface area contributed by atoms with Crippen LogP contribution in [-0.2, 0) is 0 Å². The van der Waals surface area contributed by atoms with E-state index in [9.17, 15) is 4.79 Å². The summed E-state index contributed by atoms with van der Waals surface area (Å²) in [6, 6.07) is 8.77. The number of H-pyrrole nitrogens is 1. The third-order valence-corrected chi connectivity index (χ3v) is 6.53. The normalized spacial score (nSPS) is 18.5. The van der Waals surface area contributed by atoms with Crippen molar-refractivity contribution in [3.05, 3.63) is 36.2 Å². The van der Waals surface area contributed by atoms with Crippen LogP contribution >= 0.6 is 0 Å². The standard InChI is InChI=1S/C24H32N8O/c25-24-29-14-16(30-24)4-2-1-3-7-27-23(33)21-13-19-18-12-17(32-10-8-26-9-11-32)5-6-20(18)31-22(19)15-28-21/h5-6,12-13,15-16,26,31H,1-4,7-11,14H2,(H,27,33)(H3,25,29,30). The number of benzene rings is 1. The van der Waals surface area contributed by atoms with Crippen LogP contribution in [0.25, 0.3) is 21.8 Å². The van der Waals surface area contributed by atoms with Crippen molar-refractivity contribution >= 4 is 39.4 Å². The molecule has 9 nitrogen and oxygen atoms in total. The lowest BCUT2D eigenvalue weighted by molar-refractivity contribution is 0.0948. The van der Waals surface area contributed by atoms with E-state index >= 15 is 0 Å². The molecule has 1 atom stereocenters. The van der Waals surface area contributed by atoms with Crippen LogP contribution in [-0.4, -0.2) is 67.1 Å². The topological polar surface area (TPSA) is 123 Å². The average Bonchev–Trinajstić information content (AvgIpc) is 3.43. The second-order valence-corrected chi connectivity index (χ2v) is 8.88. The minimum Gasteiger partial charge on any atom is -0.370 e. The molecule has 0 spiro atoms. The first-order chi connectivity index (χ1) is 16.2. The predicted octanol–water partition coefficient (Wildman–Crippen LogP) is 1.70. The van der Waals surface area contributed by atoms with Gasteiger partial charge in [-0.15, -0.1) is 0 Å². The summed E-state index contributed by atoms with van der Waals surface area (Å²) in [6.45, 7) is 5.42. The Hall–Kier alpha value is -3.33. The highest BCUT2D eigenvalue weighted by Gasteiger charge is 2.16. The number of anilines is 1. The SMILES string of the molecule is NC1=NCC(CCCCCNC(=O)c2cc3c(cn2)[nH]c2ccc(N4CCNCC4)cc23)N1. The van der Waals surface area contributed by atoms with Crippen molar-refractivity contribution in [1.29, 1.82) is 0 Å². The van der Waals surface area contributed by atoms with Crippen LogP contribution in [0.2, 0.25) is 0 Å². The summed E-state index contributed by atoms with van der Waals surface area (Å²) < 4.78 is 0. The molecule has 2 aliphatic rings. The molecule has 6 N–H and O–H groups in total. The molecule has 1 aromatic carbocycles. The average molecular weight is 449 g/mol. The van der Waals surface area contributed by atoms with Gasteiger partial charge in [-0.3, -0.25) is 9.79 Å². The van der Waals surface area contributed by atoms with Crippen LogP contribution in [0.15, 0.2) is 35.5 Å². The van der Waals surface area contributed by atoms with Crippen molar-refractivity contribution in [3.63, 3.8) is 0 Å². The summed E-state index contributed by atoms with van der Waals surface area (Å²) >= 11 is 0. The van der Waals surface area contributed by atoms with E-state index in [0.29, 0.717) is 24.2 Å². The second-order valence-electron chi connectivity index (χ2n) is 8.88. The van der Waals surface area contributed by atoms with Gasteiger partial charge in [-0.25, -0.2) is 4.98 Å². The lowest BCUT2D eigenvalue weighted by Gasteiger charge is -2.29. The third kappa shape index (κ3) is 4.88. The van der Waals surface area contributed by atoms with Crippen molar-refractivity contribution < 1.29 is 4.79 Å². The van der Waals surface area contributed by atoms with Gasteiger partial charge in [-0.2, -0.15) is 0 Å². The first-order valence-corrected chi connectivity index (χ1v) is 11.9. The Kier molecular flexibility index (Phi) is 6.30. The monoisotopic (exact) mass is 448 g/mol. The second kappa shape index (κ2) is 9.66. The number of guanidine groups is 1. The molecular formula is C24H32N8O. The van der Waals surface area contributed by atoms with Gasteiger partial charge >= 0.3 is 0 Å². The Labute approximate surface area is 193 Å². The van der Waals surface area contributed by atoms with E-state index in [1.807, 2.05) is 6.07 Å². The number of hydrogen-bond acceptors (Lipinski definition) is 7. The van der Waals surface area contributed by atoms with E-state index in [2.05, 4.69) is 54.0 Å². The number of pyridine rings is 1. The number of unbranched alkanes of at least 4 members (excludes halogenated alkanes) is 2. The number of hydrogen-bond donors (Lipinski definition) is 5. The van der Waals surface area contributed by atoms with Gasteiger partial charge in [0.25, 0.3) is 5.91 Å². The Bertz CT molecular complexity index is 1160. The number of fused-ring (bicyclic) bond motifs is 3. The number of amides is 1. The minimum atomic E-state index is -0.122. The highest BCUT2D eigenvalue weighted by molar-refractivity contribution is 6.10. The molecule has 1 unspecified atom stereocenters. The van der Waals surface area contributed by atoms with Crippen LogP contribution in [0, 0.1) is 0 Å². The van der Waals surface area contributed by atoms with Gasteiger partial charge in [0.2, 0.25) is 0 Å². The summed E-state index contributed by atoms with van der Waals surface area (Å²) in [4.78, 5) is 27.1. The molecule has 9 heteroatoms. The molecule has 33 heavy (non-hydrogen) atoms. The summed E-state index contributed by atoms with van der Waals surface area (Å²) in [6.07, 6.45) is 5.90. The Morgan fingerprint density at radius 2 is 1.97 bits per heavy atom. The smallest absolute Gasteiger partial charge is 0.269 e. The maximum absolute atomic E-state index is 12.7. The van der Waals surface area contributed by atoms with Crippen LogP contribution < -0.4 is 26.6 Å². The molecule has 1 amide bonds. The Balaban J connectivity index is 1.19. The first-order valence-electron chi connectivity index (χ1n) is 11.9. The molecule has 5 rings (SSSR count). The molecule has 2 aromatic heterocycles. The van der Waals surface area contributed by atoms with Gasteiger partial charge < -0.3 is 31.6 Å². The number of rotatable bonds is 8. The zero-order valence-corrected chi connectivity index (χ0v) is 18.9. The number of aliphatic imine (C=N–C) groups is 1. The lowest BCUT2D eigenvalue weighted by Crippen LogP contribution is -2.43. The van der Waals surface area contributed by atoms with Gasteiger partial charge in [-0.05, 0) is 37.1 Å². The van der Waals surface area contributed by atoms with E-state index in [1.165, 1.54) is 5.69 Å². The first kappa shape index (κ1) is 21.5. The fraction of sp³-hybridized carbons (Fsp3) is 0.458. The molecule has 1 fully saturated rings. The summed E-state index contributed by atoms with van der Waals surface area (Å²) in [5.74, 6) is 0.426. The summed E-state index contributed by atoms with van der Waals surface area (Å²) in [7, 11) is 0. The number of carbonyl (C=O) groups excluding carboxylic acids is 1. The van der Waals surface area contributed by atoms with Crippen LogP contribution in [0.5, 0.6) is 0 Å². The van der Waals surface area contributed by atoms with Gasteiger partial charge in [0, 0.05) is 60.7 Å². The number of aromatic nitrogens is 2. The summed E-state index contributed by atoms with van der Waals surface area (Å²) in [5.41, 5.74) is 9.33. The molecule has 4 heterocycles. The van der Waals surface area contributed by atoms with E-state index in [1.54, 1.807) is 6.20 Å². The number of nitrogens with two attached hydrogens (primary N) is 1. The molecule has 0 aliphatic carbocycles. The zero-order valence-electron chi connectivity index (χ0n) is 18.9. The Morgan fingerprint density at radius 3 is 2.79 bits per heavy atom. The van der Waals surface area contributed by atoms with E-state index < -0.39 is 0 Å². The number of aromatic amines is 1. The third-order valence-electron chi connectivity index (χ3n) is 6.53. The van der Waals surface area contributed by atoms with Gasteiger partial charge in [0.15, 0.2) is 5.96 Å². The quantitative estimate of drug-likeness (QED) is 0.334. The molecule has 0 radical (unpaired) electrons. The van der Waals surface area contributed by atoms with Gasteiger partial charge in [-0.1, -0.05) is 12.8 Å². The fourth-order valence-electron chi connectivity index (χ4n) is 4.69. The van der Waals surface area contributed by atoms with Gasteiger partial charge in [0.05, 0.1) is 18.3 Å². The highest BCUT2D eigenvalue weighted by Crippen LogP contribution is 2.29. The molecule has 2 aliphatic heterocycles. The number of nitrogens with one attached hydrogen (secondary N) is 4. The molecule has 0 bridgehead atoms. The molecule has 1 saturated heterocycles. The zero-order chi connectivity index (χ0) is 22.6. The van der Waals surface area contributed by atoms with Crippen molar-refractivity contribution in [2.75, 3.05) is 44.2 Å². The van der Waals surface area contributed by atoms with E-state index in [0.717, 1.165) is 80.2 Å². The predicted molar refractivity (Wildman–Crippen MR) is 133 cm³/mol. The van der Waals surface area contributed by atoms with Crippen LogP contribution in [0.3, 0.4) is 0 Å². The maximum Gasteiger partial charge on any atom is 0.269 e. The van der Waals surface area contributed by atoms with Gasteiger partial charge in [0.1, 0.15) is 5.69 Å². The van der Waals surface area contributed by atoms with Crippen LogP contribution in [0.1, 0.15) is 36.2 Å². The highest BCUT2D eigenvalue weighted by atomic mass is 16.1. The number of carbonyl (C=O) groups is 1. The minimum absolute atomic E-state index is 0.122. The van der Waals surface area contributed by atoms with Crippen LogP contribution in [0.4, 0.5) is 5.69 Å². The van der Waals surface area contributed by atoms with Crippen molar-refractivity contribution in [1.82, 2.24) is 25.9 Å². The van der Waals surface area contributed by atoms with E-state index in [4.69, 9.17) is 5.73 Å². The molecule has 3 aromatic rings. The van der Waals surface area contributed by atoms with Crippen molar-refractivity contribution in [2.24, 2.45) is 10.7 Å². The number of nitrogens with zero attached hydrogens (tertiary/aromatic N) is 3. The number of piperazine rings is 1.